The Morgan fingerprint density at radius 1 is 1.00 bits per heavy atom. The van der Waals surface area contributed by atoms with Gasteiger partial charge in [-0.3, -0.25) is 0 Å². The lowest BCUT2D eigenvalue weighted by molar-refractivity contribution is -0.129. The number of esters is 2. The molecular weight excluding hydrogens is 413 g/mol. The fourth-order valence-electron chi connectivity index (χ4n) is 2.96. The molecule has 0 aromatic heterocycles. The molecule has 1 aliphatic heterocycles. The summed E-state index contributed by atoms with van der Waals surface area (Å²) in [6.45, 7) is 0.333. The number of halogens is 1. The normalized spacial score (nSPS) is 14.1. The average Bonchev–Trinajstić information content (AvgIpc) is 3.19. The van der Waals surface area contributed by atoms with Crippen LogP contribution in [0.5, 0.6) is 5.75 Å². The summed E-state index contributed by atoms with van der Waals surface area (Å²) in [5.41, 5.74) is 2.80. The van der Waals surface area contributed by atoms with E-state index < -0.39 is 5.97 Å². The number of hydrogen-bond acceptors (Lipinski definition) is 6. The Bertz CT molecular complexity index is 1200. The number of hydrogen-bond donors (Lipinski definition) is 0. The average molecular weight is 431 g/mol. The van der Waals surface area contributed by atoms with E-state index in [9.17, 15) is 14.0 Å². The number of carbonyl (C=O) groups excluding carboxylic acids is 2. The molecule has 7 heteroatoms. The molecule has 3 aromatic carbocycles. The van der Waals surface area contributed by atoms with Crippen LogP contribution in [-0.4, -0.2) is 24.9 Å². The highest BCUT2D eigenvalue weighted by atomic mass is 19.1. The number of carbonyl (C=O) groups is 2. The van der Waals surface area contributed by atoms with E-state index in [0.29, 0.717) is 23.5 Å². The van der Waals surface area contributed by atoms with Gasteiger partial charge in [0, 0.05) is 5.56 Å². The predicted octanol–water partition coefficient (Wildman–Crippen LogP) is 4.54. The standard InChI is InChI=1S/C25H18FNO5/c1-30-24(28)19-6-2-17(3-7-19)15-31-21-12-4-16(5-13-21)14-22-25(29)32-23(27-22)18-8-10-20(26)11-9-18/h2-14H,15H2,1H3/b22-14-. The minimum atomic E-state index is -0.569. The lowest BCUT2D eigenvalue weighted by Gasteiger charge is -2.07. The molecule has 4 rings (SSSR count). The molecule has 0 aliphatic carbocycles. The van der Waals surface area contributed by atoms with Gasteiger partial charge >= 0.3 is 11.9 Å². The van der Waals surface area contributed by atoms with Crippen molar-refractivity contribution in [2.75, 3.05) is 7.11 Å². The van der Waals surface area contributed by atoms with E-state index in [4.69, 9.17) is 9.47 Å². The molecule has 0 amide bonds. The molecule has 0 bridgehead atoms. The van der Waals surface area contributed by atoms with Crippen LogP contribution in [0.25, 0.3) is 6.08 Å². The molecule has 0 radical (unpaired) electrons. The van der Waals surface area contributed by atoms with Crippen LogP contribution >= 0.6 is 0 Å². The van der Waals surface area contributed by atoms with Gasteiger partial charge in [0.2, 0.25) is 5.90 Å². The van der Waals surface area contributed by atoms with Gasteiger partial charge in [-0.15, -0.1) is 0 Å². The first-order valence-electron chi connectivity index (χ1n) is 9.70. The molecule has 6 nitrogen and oxygen atoms in total. The maximum atomic E-state index is 13.1. The van der Waals surface area contributed by atoms with Gasteiger partial charge in [-0.1, -0.05) is 24.3 Å². The molecule has 160 valence electrons. The maximum absolute atomic E-state index is 13.1. The van der Waals surface area contributed by atoms with Gasteiger partial charge in [0.15, 0.2) is 5.70 Å². The SMILES string of the molecule is COC(=O)c1ccc(COc2ccc(/C=C3\N=C(c4ccc(F)cc4)OC3=O)cc2)cc1. The van der Waals surface area contributed by atoms with E-state index in [0.717, 1.165) is 11.1 Å². The Labute approximate surface area is 183 Å². The van der Waals surface area contributed by atoms with E-state index >= 15 is 0 Å². The van der Waals surface area contributed by atoms with Gasteiger partial charge in [0.25, 0.3) is 0 Å². The summed E-state index contributed by atoms with van der Waals surface area (Å²) in [7, 11) is 1.34. The van der Waals surface area contributed by atoms with Crippen LogP contribution in [0.3, 0.4) is 0 Å². The van der Waals surface area contributed by atoms with Crippen LogP contribution in [-0.2, 0) is 20.9 Å². The molecule has 0 unspecified atom stereocenters. The molecule has 0 N–H and O–H groups in total. The second kappa shape index (κ2) is 9.26. The summed E-state index contributed by atoms with van der Waals surface area (Å²) < 4.78 is 28.7. The number of nitrogens with zero attached hydrogens (tertiary/aromatic N) is 1. The Hall–Kier alpha value is -4.26. The number of ether oxygens (including phenoxy) is 3. The molecule has 0 spiro atoms. The summed E-state index contributed by atoms with van der Waals surface area (Å²) in [5, 5.41) is 0. The number of aliphatic imine (C=N–C) groups is 1. The molecule has 3 aromatic rings. The molecule has 32 heavy (non-hydrogen) atoms. The van der Waals surface area contributed by atoms with Gasteiger partial charge in [-0.05, 0) is 65.7 Å². The van der Waals surface area contributed by atoms with Crippen LogP contribution in [0.4, 0.5) is 4.39 Å². The minimum Gasteiger partial charge on any atom is -0.489 e. The van der Waals surface area contributed by atoms with Crippen molar-refractivity contribution in [1.29, 1.82) is 0 Å². The van der Waals surface area contributed by atoms with E-state index in [1.54, 1.807) is 54.6 Å². The fourth-order valence-corrected chi connectivity index (χ4v) is 2.96. The largest absolute Gasteiger partial charge is 0.489 e. The zero-order chi connectivity index (χ0) is 22.5. The van der Waals surface area contributed by atoms with Gasteiger partial charge in [-0.25, -0.2) is 19.0 Å². The Morgan fingerprint density at radius 3 is 2.34 bits per heavy atom. The Balaban J connectivity index is 1.40. The second-order valence-electron chi connectivity index (χ2n) is 6.89. The smallest absolute Gasteiger partial charge is 0.363 e. The van der Waals surface area contributed by atoms with Crippen molar-refractivity contribution < 1.29 is 28.2 Å². The predicted molar refractivity (Wildman–Crippen MR) is 116 cm³/mol. The van der Waals surface area contributed by atoms with Crippen LogP contribution < -0.4 is 4.74 Å². The highest BCUT2D eigenvalue weighted by Crippen LogP contribution is 2.21. The number of cyclic esters (lactones) is 1. The highest BCUT2D eigenvalue weighted by molar-refractivity contribution is 6.12. The number of methoxy groups -OCH3 is 1. The first-order chi connectivity index (χ1) is 15.5. The van der Waals surface area contributed by atoms with Crippen LogP contribution in [0.1, 0.15) is 27.0 Å². The Morgan fingerprint density at radius 2 is 1.69 bits per heavy atom. The molecule has 0 saturated heterocycles. The monoisotopic (exact) mass is 431 g/mol. The second-order valence-corrected chi connectivity index (χ2v) is 6.89. The van der Waals surface area contributed by atoms with Crippen molar-refractivity contribution >= 4 is 23.9 Å². The molecule has 1 heterocycles. The van der Waals surface area contributed by atoms with Crippen molar-refractivity contribution in [3.05, 3.63) is 107 Å². The summed E-state index contributed by atoms with van der Waals surface area (Å²) in [6.07, 6.45) is 1.61. The van der Waals surface area contributed by atoms with Gasteiger partial charge in [0.05, 0.1) is 12.7 Å². The Kier molecular flexibility index (Phi) is 6.07. The minimum absolute atomic E-state index is 0.138. The van der Waals surface area contributed by atoms with Gasteiger partial charge in [0.1, 0.15) is 18.2 Å². The van der Waals surface area contributed by atoms with E-state index in [1.165, 1.54) is 31.4 Å². The third-order valence-electron chi connectivity index (χ3n) is 4.68. The van der Waals surface area contributed by atoms with Crippen molar-refractivity contribution in [3.63, 3.8) is 0 Å². The zero-order valence-electron chi connectivity index (χ0n) is 17.1. The van der Waals surface area contributed by atoms with Crippen LogP contribution in [0.2, 0.25) is 0 Å². The molecule has 0 fully saturated rings. The quantitative estimate of drug-likeness (QED) is 0.423. The summed E-state index contributed by atoms with van der Waals surface area (Å²) in [6, 6.07) is 19.7. The third kappa shape index (κ3) is 4.89. The van der Waals surface area contributed by atoms with Crippen molar-refractivity contribution in [2.24, 2.45) is 4.99 Å². The molecule has 0 atom stereocenters. The highest BCUT2D eigenvalue weighted by Gasteiger charge is 2.24. The van der Waals surface area contributed by atoms with Crippen molar-refractivity contribution in [3.8, 4) is 5.75 Å². The summed E-state index contributed by atoms with van der Waals surface area (Å²) in [5.74, 6) is -0.550. The van der Waals surface area contributed by atoms with E-state index in [-0.39, 0.29) is 23.4 Å². The number of rotatable bonds is 6. The van der Waals surface area contributed by atoms with Crippen LogP contribution in [0.15, 0.2) is 83.5 Å². The van der Waals surface area contributed by atoms with E-state index in [2.05, 4.69) is 9.73 Å². The fraction of sp³-hybridized carbons (Fsp3) is 0.0800. The lowest BCUT2D eigenvalue weighted by Crippen LogP contribution is -2.05. The summed E-state index contributed by atoms with van der Waals surface area (Å²) >= 11 is 0. The van der Waals surface area contributed by atoms with E-state index in [1.807, 2.05) is 0 Å². The molecule has 0 saturated carbocycles. The van der Waals surface area contributed by atoms with Gasteiger partial charge in [-0.2, -0.15) is 0 Å². The maximum Gasteiger partial charge on any atom is 0.363 e. The molecule has 1 aliphatic rings. The lowest BCUT2D eigenvalue weighted by atomic mass is 10.1. The molecular formula is C25H18FNO5. The van der Waals surface area contributed by atoms with Crippen LogP contribution in [0, 0.1) is 5.82 Å². The number of benzene rings is 3. The van der Waals surface area contributed by atoms with Gasteiger partial charge < -0.3 is 14.2 Å². The van der Waals surface area contributed by atoms with Crippen molar-refractivity contribution in [2.45, 2.75) is 6.61 Å². The first-order valence-corrected chi connectivity index (χ1v) is 9.70. The zero-order valence-corrected chi connectivity index (χ0v) is 17.1. The third-order valence-corrected chi connectivity index (χ3v) is 4.68. The topological polar surface area (TPSA) is 74.2 Å². The van der Waals surface area contributed by atoms with Crippen molar-refractivity contribution in [1.82, 2.24) is 0 Å². The first kappa shape index (κ1) is 21.0. The summed E-state index contributed by atoms with van der Waals surface area (Å²) in [4.78, 5) is 27.8.